The summed E-state index contributed by atoms with van der Waals surface area (Å²) in [5, 5.41) is 2.52. The number of benzene rings is 3. The molecule has 0 amide bonds. The monoisotopic (exact) mass is 654 g/mol. The van der Waals surface area contributed by atoms with Crippen molar-refractivity contribution in [3.05, 3.63) is 114 Å². The fourth-order valence-corrected chi connectivity index (χ4v) is 3.28. The maximum atomic E-state index is 5.32. The summed E-state index contributed by atoms with van der Waals surface area (Å²) in [7, 11) is 26.9. The molecule has 0 radical (unpaired) electrons. The summed E-state index contributed by atoms with van der Waals surface area (Å²) in [6, 6.07) is 25.6. The Morgan fingerprint density at radius 1 is 0.688 bits per heavy atom. The van der Waals surface area contributed by atoms with E-state index in [0.717, 1.165) is 5.78 Å². The van der Waals surface area contributed by atoms with E-state index >= 15 is 0 Å². The first-order valence-corrected chi connectivity index (χ1v) is 25.4. The minimum absolute atomic E-state index is 0. The van der Waals surface area contributed by atoms with E-state index in [1.807, 2.05) is 12.2 Å². The Kier molecular flexibility index (Phi) is 10.1. The molecular formula is C24H19Cl6OSb. The topological polar surface area (TPSA) is 11.3 Å². The number of ketones is 1. The number of hydrogen-bond donors (Lipinski definition) is 0. The standard InChI is InChI=1S/C24H19O.6ClH.Sb/c1-25-21-16-14-20(15-17-21)24(19-9-3-2-4-10-19)23-13-7-11-18-8-5-6-12-22(18)23;;;;;;;/h2-17H,1H3;6*1H;/q+1;;;;;;;+5/p-6. The average molecular weight is 658 g/mol. The molecule has 0 saturated heterocycles. The third-order valence-electron chi connectivity index (χ3n) is 4.50. The molecule has 0 aliphatic heterocycles. The van der Waals surface area contributed by atoms with Crippen molar-refractivity contribution in [2.24, 2.45) is 0 Å². The number of carbonyl (C=O) groups excluding carboxylic acids is 1. The number of rotatable bonds is 2. The summed E-state index contributed by atoms with van der Waals surface area (Å²) in [5.74, 6) is 0.870. The van der Waals surface area contributed by atoms with Gasteiger partial charge in [-0.15, -0.1) is 0 Å². The van der Waals surface area contributed by atoms with E-state index in [1.54, 1.807) is 7.11 Å². The summed E-state index contributed by atoms with van der Waals surface area (Å²) in [4.78, 5) is 0. The third-order valence-corrected chi connectivity index (χ3v) is 4.50. The van der Waals surface area contributed by atoms with Crippen molar-refractivity contribution in [3.8, 4) is 0 Å². The zero-order chi connectivity index (χ0) is 22.5. The molecule has 8 heteroatoms. The molecule has 0 bridgehead atoms. The Balaban J connectivity index is 0.000000461. The molecule has 0 fully saturated rings. The van der Waals surface area contributed by atoms with Gasteiger partial charge in [0.05, 0.1) is 0 Å². The Morgan fingerprint density at radius 3 is 1.81 bits per heavy atom. The van der Waals surface area contributed by atoms with Gasteiger partial charge in [-0.25, -0.2) is 0 Å². The van der Waals surface area contributed by atoms with E-state index in [2.05, 4.69) is 84.9 Å². The Bertz CT molecular complexity index is 1160. The van der Waals surface area contributed by atoms with Gasteiger partial charge in [-0.3, -0.25) is 4.42 Å². The average Bonchev–Trinajstić information content (AvgIpc) is 2.74. The van der Waals surface area contributed by atoms with Gasteiger partial charge in [0.2, 0.25) is 0 Å². The molecule has 3 aromatic carbocycles. The van der Waals surface area contributed by atoms with Gasteiger partial charge >= 0.3 is 61.6 Å². The first-order valence-electron chi connectivity index (χ1n) is 9.26. The first kappa shape index (κ1) is 27.6. The van der Waals surface area contributed by atoms with Crippen LogP contribution in [-0.4, -0.2) is 24.6 Å². The van der Waals surface area contributed by atoms with E-state index in [1.165, 1.54) is 33.0 Å². The van der Waals surface area contributed by atoms with Crippen molar-refractivity contribution in [3.63, 3.8) is 0 Å². The van der Waals surface area contributed by atoms with Crippen LogP contribution in [-0.2, 0) is 4.42 Å². The fourth-order valence-electron chi connectivity index (χ4n) is 3.28. The van der Waals surface area contributed by atoms with E-state index in [4.69, 9.17) is 48.6 Å². The molecule has 0 atom stereocenters. The van der Waals surface area contributed by atoms with E-state index in [9.17, 15) is 0 Å². The van der Waals surface area contributed by atoms with Crippen LogP contribution in [0.5, 0.6) is 0 Å². The van der Waals surface area contributed by atoms with E-state index in [-0.39, 0.29) is 12.4 Å². The predicted octanol–water partition coefficient (Wildman–Crippen LogP) is 5.57. The second-order valence-corrected chi connectivity index (χ2v) is 44.6. The first-order chi connectivity index (χ1) is 14.6. The van der Waals surface area contributed by atoms with Crippen LogP contribution in [0.1, 0.15) is 11.1 Å². The molecule has 0 aromatic heterocycles. The van der Waals surface area contributed by atoms with Crippen LogP contribution in [0.3, 0.4) is 0 Å². The number of fused-ring (bicyclic) bond motifs is 1. The predicted molar refractivity (Wildman–Crippen MR) is 141 cm³/mol. The van der Waals surface area contributed by atoms with Gasteiger partial charge < -0.3 is 12.4 Å². The molecule has 1 aliphatic carbocycles. The van der Waals surface area contributed by atoms with Gasteiger partial charge in [-0.1, -0.05) is 72.8 Å². The second kappa shape index (κ2) is 11.7. The van der Waals surface area contributed by atoms with Crippen molar-refractivity contribution in [2.45, 2.75) is 0 Å². The third kappa shape index (κ3) is 8.62. The van der Waals surface area contributed by atoms with Crippen LogP contribution in [0.25, 0.3) is 16.3 Å². The molecule has 0 unspecified atom stereocenters. The number of halogens is 6. The number of allylic oxidation sites excluding steroid dienone is 5. The van der Waals surface area contributed by atoms with Gasteiger partial charge in [0.1, 0.15) is 0 Å². The summed E-state index contributed by atoms with van der Waals surface area (Å²) in [5.41, 5.74) is 4.88. The van der Waals surface area contributed by atoms with Crippen LogP contribution < -0.4 is 12.4 Å². The Hall–Kier alpha value is -0.632. The van der Waals surface area contributed by atoms with Crippen LogP contribution >= 0.6 is 44.1 Å². The van der Waals surface area contributed by atoms with Crippen LogP contribution in [0.15, 0.2) is 103 Å². The number of hydrogen-bond acceptors (Lipinski definition) is 0. The summed E-state index contributed by atoms with van der Waals surface area (Å²) >= 11 is -4.33. The SMILES string of the molecule is C[O+]=C1C=CC(=C(c2ccccc2)c2cccc3ccccc23)C=C1.[Cl-].[Cl][Sb]([Cl])([Cl])([Cl])[Cl]. The Morgan fingerprint density at radius 2 is 1.22 bits per heavy atom. The zero-order valence-electron chi connectivity index (χ0n) is 16.9. The van der Waals surface area contributed by atoms with Crippen LogP contribution in [0, 0.1) is 0 Å². The zero-order valence-corrected chi connectivity index (χ0v) is 23.9. The molecular weight excluding hydrogens is 639 g/mol. The molecule has 1 aliphatic rings. The van der Waals surface area contributed by atoms with Gasteiger partial charge in [0, 0.05) is 12.2 Å². The van der Waals surface area contributed by atoms with Crippen LogP contribution in [0.4, 0.5) is 0 Å². The second-order valence-electron chi connectivity index (χ2n) is 6.64. The van der Waals surface area contributed by atoms with Crippen molar-refractivity contribution in [2.75, 3.05) is 7.11 Å². The quantitative estimate of drug-likeness (QED) is 0.252. The van der Waals surface area contributed by atoms with Gasteiger partial charge in [0.15, 0.2) is 0 Å². The molecule has 168 valence electrons. The maximum absolute atomic E-state index is 5.32. The molecule has 0 N–H and O–H groups in total. The van der Waals surface area contributed by atoms with Crippen molar-refractivity contribution in [1.29, 1.82) is 0 Å². The fraction of sp³-hybridized carbons (Fsp3) is 0.0417. The van der Waals surface area contributed by atoms with Crippen molar-refractivity contribution < 1.29 is 16.8 Å². The summed E-state index contributed by atoms with van der Waals surface area (Å²) in [6.45, 7) is 0. The van der Waals surface area contributed by atoms with Crippen molar-refractivity contribution in [1.82, 2.24) is 0 Å². The van der Waals surface area contributed by atoms with Gasteiger partial charge in [-0.05, 0) is 45.2 Å². The van der Waals surface area contributed by atoms with E-state index < -0.39 is 11.7 Å². The molecule has 1 nitrogen and oxygen atoms in total. The normalized spacial score (nSPS) is 14.0. The van der Waals surface area contributed by atoms with Gasteiger partial charge in [0.25, 0.3) is 7.11 Å². The molecule has 0 spiro atoms. The molecule has 0 saturated carbocycles. The summed E-state index contributed by atoms with van der Waals surface area (Å²) < 4.78 is 5.32. The molecule has 3 aromatic rings. The molecule has 0 heterocycles. The Labute approximate surface area is 213 Å². The minimum atomic E-state index is -4.33. The van der Waals surface area contributed by atoms with Crippen molar-refractivity contribution >= 4 is 78.0 Å². The molecule has 4 rings (SSSR count). The molecule has 32 heavy (non-hydrogen) atoms. The van der Waals surface area contributed by atoms with E-state index in [0.29, 0.717) is 0 Å². The van der Waals surface area contributed by atoms with Crippen LogP contribution in [0.2, 0.25) is 0 Å². The summed E-state index contributed by atoms with van der Waals surface area (Å²) in [6.07, 6.45) is 8.29. The van der Waals surface area contributed by atoms with Gasteiger partial charge in [-0.2, -0.15) is 0 Å².